The van der Waals surface area contributed by atoms with Gasteiger partial charge in [0.15, 0.2) is 5.84 Å². The third-order valence-electron chi connectivity index (χ3n) is 5.76. The highest BCUT2D eigenvalue weighted by atomic mass is 16.7. The van der Waals surface area contributed by atoms with Crippen molar-refractivity contribution in [3.05, 3.63) is 54.1 Å². The number of hydroxylamine groups is 2. The fourth-order valence-corrected chi connectivity index (χ4v) is 3.69. The number of imide groups is 1. The quantitative estimate of drug-likeness (QED) is 0.487. The van der Waals surface area contributed by atoms with E-state index in [2.05, 4.69) is 35.1 Å². The molecule has 9 heteroatoms. The van der Waals surface area contributed by atoms with Crippen molar-refractivity contribution in [1.82, 2.24) is 5.06 Å². The van der Waals surface area contributed by atoms with Crippen LogP contribution < -0.4 is 4.90 Å². The zero-order valence-electron chi connectivity index (χ0n) is 18.8. The first kappa shape index (κ1) is 22.3. The first-order chi connectivity index (χ1) is 15.8. The molecule has 2 heterocycles. The van der Waals surface area contributed by atoms with Crippen LogP contribution in [0.2, 0.25) is 0 Å². The molecule has 0 saturated carbocycles. The van der Waals surface area contributed by atoms with Crippen LogP contribution in [0, 0.1) is 0 Å². The van der Waals surface area contributed by atoms with E-state index in [9.17, 15) is 14.4 Å². The maximum atomic E-state index is 12.0. The summed E-state index contributed by atoms with van der Waals surface area (Å²) < 4.78 is 0. The summed E-state index contributed by atoms with van der Waals surface area (Å²) in [6.07, 6.45) is 0.186. The fourth-order valence-electron chi connectivity index (χ4n) is 3.69. The summed E-state index contributed by atoms with van der Waals surface area (Å²) in [5, 5.41) is 9.31. The lowest BCUT2D eigenvalue weighted by molar-refractivity contribution is -0.197. The number of carbonyl (C=O) groups excluding carboxylic acids is 3. The molecule has 0 bridgehead atoms. The van der Waals surface area contributed by atoms with E-state index in [1.807, 2.05) is 54.4 Å². The van der Waals surface area contributed by atoms with Gasteiger partial charge in [-0.3, -0.25) is 9.59 Å². The largest absolute Gasteiger partial charge is 0.374 e. The molecule has 0 N–H and O–H groups in total. The Balaban J connectivity index is 1.32. The number of rotatable bonds is 6. The van der Waals surface area contributed by atoms with E-state index in [0.29, 0.717) is 23.1 Å². The number of azo groups is 1. The highest BCUT2D eigenvalue weighted by molar-refractivity contribution is 6.01. The van der Waals surface area contributed by atoms with Crippen LogP contribution in [0.25, 0.3) is 0 Å². The topological polar surface area (TPSA) is 104 Å². The monoisotopic (exact) mass is 447 g/mol. The average Bonchev–Trinajstić information content (AvgIpc) is 3.26. The molecule has 4 rings (SSSR count). The number of benzene rings is 2. The van der Waals surface area contributed by atoms with Crippen LogP contribution in [-0.2, 0) is 24.6 Å². The van der Waals surface area contributed by atoms with Crippen LogP contribution in [0.1, 0.15) is 38.7 Å². The van der Waals surface area contributed by atoms with Gasteiger partial charge in [0.25, 0.3) is 11.8 Å². The Labute approximate surface area is 191 Å². The van der Waals surface area contributed by atoms with Gasteiger partial charge in [0, 0.05) is 32.1 Å². The molecule has 0 aliphatic carbocycles. The van der Waals surface area contributed by atoms with Gasteiger partial charge >= 0.3 is 5.97 Å². The Kier molecular flexibility index (Phi) is 6.04. The molecule has 2 aromatic rings. The summed E-state index contributed by atoms with van der Waals surface area (Å²) in [6, 6.07) is 15.4. The molecule has 1 fully saturated rings. The average molecular weight is 447 g/mol. The van der Waals surface area contributed by atoms with Crippen molar-refractivity contribution >= 4 is 40.7 Å². The Hall–Kier alpha value is -3.88. The van der Waals surface area contributed by atoms with Gasteiger partial charge in [0.1, 0.15) is 0 Å². The van der Waals surface area contributed by atoms with Crippen molar-refractivity contribution in [3.63, 3.8) is 0 Å². The van der Waals surface area contributed by atoms with E-state index in [1.165, 1.54) is 0 Å². The van der Waals surface area contributed by atoms with Crippen LogP contribution >= 0.6 is 0 Å². The Morgan fingerprint density at radius 2 is 1.73 bits per heavy atom. The number of amidine groups is 1. The molecule has 33 heavy (non-hydrogen) atoms. The summed E-state index contributed by atoms with van der Waals surface area (Å²) in [5.41, 5.74) is 3.31. The second-order valence-electron chi connectivity index (χ2n) is 8.51. The van der Waals surface area contributed by atoms with Gasteiger partial charge in [0.2, 0.25) is 0 Å². The second-order valence-corrected chi connectivity index (χ2v) is 8.51. The molecule has 0 radical (unpaired) electrons. The minimum absolute atomic E-state index is 0.0322. The SMILES string of the molecule is CN(CCC(=O)ON1C(=O)CCC1=O)c1ccc(N=NC2=Nc3ccccc3C2(C)C)cc1. The number of hydrogen-bond donors (Lipinski definition) is 0. The van der Waals surface area contributed by atoms with Crippen LogP contribution in [0.3, 0.4) is 0 Å². The van der Waals surface area contributed by atoms with Crippen LogP contribution in [-0.4, -0.2) is 42.3 Å². The standard InChI is InChI=1S/C24H25N5O4/c1-24(2)18-6-4-5-7-19(18)25-23(24)27-26-16-8-10-17(11-9-16)28(3)15-14-22(32)33-29-20(30)12-13-21(29)31/h4-11H,12-15H2,1-3H3. The number of hydrogen-bond acceptors (Lipinski definition) is 8. The maximum absolute atomic E-state index is 12.0. The van der Waals surface area contributed by atoms with Crippen molar-refractivity contribution in [1.29, 1.82) is 0 Å². The number of para-hydroxylation sites is 1. The first-order valence-electron chi connectivity index (χ1n) is 10.7. The molecule has 9 nitrogen and oxygen atoms in total. The highest BCUT2D eigenvalue weighted by Gasteiger charge is 2.35. The summed E-state index contributed by atoms with van der Waals surface area (Å²) in [4.78, 5) is 46.4. The van der Waals surface area contributed by atoms with Crippen LogP contribution in [0.15, 0.2) is 63.8 Å². The van der Waals surface area contributed by atoms with Crippen LogP contribution in [0.5, 0.6) is 0 Å². The number of carbonyl (C=O) groups is 3. The zero-order chi connectivity index (χ0) is 23.6. The molecule has 0 aromatic heterocycles. The molecular formula is C24H25N5O4. The van der Waals surface area contributed by atoms with Gasteiger partial charge in [-0.05, 0) is 49.7 Å². The van der Waals surface area contributed by atoms with E-state index in [0.717, 1.165) is 16.9 Å². The van der Waals surface area contributed by atoms with Gasteiger partial charge in [-0.15, -0.1) is 15.3 Å². The molecule has 2 aromatic carbocycles. The summed E-state index contributed by atoms with van der Waals surface area (Å²) in [7, 11) is 1.84. The predicted molar refractivity (Wildman–Crippen MR) is 123 cm³/mol. The number of nitrogens with zero attached hydrogens (tertiary/aromatic N) is 5. The lowest BCUT2D eigenvalue weighted by Gasteiger charge is -2.19. The highest BCUT2D eigenvalue weighted by Crippen LogP contribution is 2.40. The normalized spacial score (nSPS) is 16.8. The molecule has 2 aliphatic heterocycles. The molecule has 2 amide bonds. The van der Waals surface area contributed by atoms with Crippen LogP contribution in [0.4, 0.5) is 17.1 Å². The minimum atomic E-state index is -0.628. The first-order valence-corrected chi connectivity index (χ1v) is 10.7. The number of anilines is 1. The van der Waals surface area contributed by atoms with Gasteiger partial charge < -0.3 is 9.74 Å². The van der Waals surface area contributed by atoms with Gasteiger partial charge in [0.05, 0.1) is 23.2 Å². The van der Waals surface area contributed by atoms with Crippen molar-refractivity contribution in [2.45, 2.75) is 38.5 Å². The van der Waals surface area contributed by atoms with Gasteiger partial charge in [-0.1, -0.05) is 18.2 Å². The number of amides is 2. The van der Waals surface area contributed by atoms with Gasteiger partial charge in [-0.25, -0.2) is 9.79 Å². The molecular weight excluding hydrogens is 422 g/mol. The molecule has 0 spiro atoms. The summed E-state index contributed by atoms with van der Waals surface area (Å²) >= 11 is 0. The van der Waals surface area contributed by atoms with E-state index < -0.39 is 17.8 Å². The predicted octanol–water partition coefficient (Wildman–Crippen LogP) is 4.23. The van der Waals surface area contributed by atoms with Crippen molar-refractivity contribution in [2.75, 3.05) is 18.5 Å². The molecule has 0 unspecified atom stereocenters. The van der Waals surface area contributed by atoms with Gasteiger partial charge in [-0.2, -0.15) is 0 Å². The molecule has 170 valence electrons. The lowest BCUT2D eigenvalue weighted by Crippen LogP contribution is -2.33. The van der Waals surface area contributed by atoms with Crippen molar-refractivity contribution in [3.8, 4) is 0 Å². The second kappa shape index (κ2) is 8.93. The molecule has 1 saturated heterocycles. The van der Waals surface area contributed by atoms with E-state index in [1.54, 1.807) is 0 Å². The third-order valence-corrected chi connectivity index (χ3v) is 5.76. The summed E-state index contributed by atoms with van der Waals surface area (Å²) in [6.45, 7) is 4.52. The van der Waals surface area contributed by atoms with E-state index in [4.69, 9.17) is 4.84 Å². The number of fused-ring (bicyclic) bond motifs is 1. The number of aliphatic imine (C=N–C) groups is 1. The maximum Gasteiger partial charge on any atom is 0.334 e. The Morgan fingerprint density at radius 1 is 1.06 bits per heavy atom. The Bertz CT molecular complexity index is 1140. The third kappa shape index (κ3) is 4.67. The zero-order valence-corrected chi connectivity index (χ0v) is 18.8. The van der Waals surface area contributed by atoms with E-state index >= 15 is 0 Å². The lowest BCUT2D eigenvalue weighted by atomic mass is 9.85. The van der Waals surface area contributed by atoms with Crippen molar-refractivity contribution in [2.24, 2.45) is 15.2 Å². The summed E-state index contributed by atoms with van der Waals surface area (Å²) in [5.74, 6) is -0.931. The molecule has 0 atom stereocenters. The fraction of sp³-hybridized carbons (Fsp3) is 0.333. The van der Waals surface area contributed by atoms with E-state index in [-0.39, 0.29) is 24.7 Å². The smallest absolute Gasteiger partial charge is 0.334 e. The Morgan fingerprint density at radius 3 is 2.39 bits per heavy atom. The minimum Gasteiger partial charge on any atom is -0.374 e. The van der Waals surface area contributed by atoms with Crippen molar-refractivity contribution < 1.29 is 19.2 Å². The molecule has 2 aliphatic rings.